The van der Waals surface area contributed by atoms with Gasteiger partial charge in [0.25, 0.3) is 5.91 Å². The van der Waals surface area contributed by atoms with Crippen LogP contribution in [-0.2, 0) is 17.6 Å². The number of benzene rings is 3. The van der Waals surface area contributed by atoms with E-state index in [1.54, 1.807) is 11.8 Å². The molecule has 5 rings (SSSR count). The molecule has 2 aliphatic rings. The number of nitrogens with one attached hydrogen (secondary N) is 1. The van der Waals surface area contributed by atoms with Crippen molar-refractivity contribution in [1.29, 1.82) is 0 Å². The van der Waals surface area contributed by atoms with Crippen molar-refractivity contribution in [3.8, 4) is 0 Å². The Morgan fingerprint density at radius 2 is 1.81 bits per heavy atom. The third-order valence-electron chi connectivity index (χ3n) is 5.76. The maximum absolute atomic E-state index is 13.1. The second kappa shape index (κ2) is 8.19. The number of rotatable bonds is 4. The van der Waals surface area contributed by atoms with Gasteiger partial charge in [-0.25, -0.2) is 4.39 Å². The van der Waals surface area contributed by atoms with E-state index < -0.39 is 0 Å². The molecule has 1 saturated heterocycles. The van der Waals surface area contributed by atoms with Gasteiger partial charge in [0.05, 0.1) is 5.75 Å². The van der Waals surface area contributed by atoms with Crippen molar-refractivity contribution in [2.75, 3.05) is 16.0 Å². The van der Waals surface area contributed by atoms with Crippen LogP contribution in [-0.4, -0.2) is 17.6 Å². The van der Waals surface area contributed by atoms with Crippen LogP contribution in [0, 0.1) is 5.82 Å². The van der Waals surface area contributed by atoms with Crippen LogP contribution in [0.5, 0.6) is 0 Å². The van der Waals surface area contributed by atoms with Gasteiger partial charge in [0.1, 0.15) is 11.2 Å². The average Bonchev–Trinajstić information content (AvgIpc) is 3.40. The van der Waals surface area contributed by atoms with Gasteiger partial charge >= 0.3 is 0 Å². The standard InChI is InChI=1S/C25H21FN2O2S/c26-20-10-7-17(8-11-20)24(30)27-21-6-2-5-19(13-21)25-28(23(29)15-31-25)22-12-9-16-3-1-4-18(16)14-22/h2,5-14,25H,1,3-4,15H2,(H,27,30). The first kappa shape index (κ1) is 19.8. The van der Waals surface area contributed by atoms with Crippen LogP contribution in [0.4, 0.5) is 15.8 Å². The molecule has 1 heterocycles. The summed E-state index contributed by atoms with van der Waals surface area (Å²) in [6, 6.07) is 19.3. The quantitative estimate of drug-likeness (QED) is 0.605. The number of carbonyl (C=O) groups is 2. The molecule has 156 valence electrons. The zero-order valence-corrected chi connectivity index (χ0v) is 17.6. The number of carbonyl (C=O) groups excluding carboxylic acids is 2. The van der Waals surface area contributed by atoms with Gasteiger partial charge in [-0.2, -0.15) is 0 Å². The molecule has 6 heteroatoms. The first-order valence-corrected chi connectivity index (χ1v) is 11.4. The molecule has 0 radical (unpaired) electrons. The predicted octanol–water partition coefficient (Wildman–Crippen LogP) is 5.35. The van der Waals surface area contributed by atoms with Crippen LogP contribution in [0.1, 0.15) is 38.8 Å². The largest absolute Gasteiger partial charge is 0.322 e. The molecule has 0 spiro atoms. The Bertz CT molecular complexity index is 1160. The van der Waals surface area contributed by atoms with E-state index in [-0.39, 0.29) is 23.0 Å². The van der Waals surface area contributed by atoms with Crippen molar-refractivity contribution in [1.82, 2.24) is 0 Å². The van der Waals surface area contributed by atoms with E-state index >= 15 is 0 Å². The molecule has 1 atom stereocenters. The van der Waals surface area contributed by atoms with E-state index in [1.165, 1.54) is 41.8 Å². The van der Waals surface area contributed by atoms with Crippen LogP contribution in [0.25, 0.3) is 0 Å². The van der Waals surface area contributed by atoms with E-state index in [1.807, 2.05) is 35.2 Å². The molecule has 2 amide bonds. The van der Waals surface area contributed by atoms with E-state index in [0.29, 0.717) is 17.0 Å². The monoisotopic (exact) mass is 432 g/mol. The van der Waals surface area contributed by atoms with Gasteiger partial charge in [-0.05, 0) is 84.5 Å². The number of hydrogen-bond donors (Lipinski definition) is 1. The van der Waals surface area contributed by atoms with Crippen molar-refractivity contribution in [3.63, 3.8) is 0 Å². The Kier molecular flexibility index (Phi) is 5.24. The molecule has 1 aliphatic heterocycles. The summed E-state index contributed by atoms with van der Waals surface area (Å²) in [4.78, 5) is 27.1. The zero-order valence-electron chi connectivity index (χ0n) is 16.8. The molecule has 1 N–H and O–H groups in total. The van der Waals surface area contributed by atoms with Crippen LogP contribution >= 0.6 is 11.8 Å². The number of fused-ring (bicyclic) bond motifs is 1. The van der Waals surface area contributed by atoms with Gasteiger partial charge < -0.3 is 5.32 Å². The molecule has 0 aromatic heterocycles. The minimum atomic E-state index is -0.381. The Hall–Kier alpha value is -3.12. The number of hydrogen-bond acceptors (Lipinski definition) is 3. The van der Waals surface area contributed by atoms with Crippen LogP contribution in [0.3, 0.4) is 0 Å². The number of nitrogens with zero attached hydrogens (tertiary/aromatic N) is 1. The lowest BCUT2D eigenvalue weighted by molar-refractivity contribution is -0.115. The third-order valence-corrected chi connectivity index (χ3v) is 6.98. The SMILES string of the molecule is O=C(Nc1cccc(C2SCC(=O)N2c2ccc3c(c2)CCC3)c1)c1ccc(F)cc1. The summed E-state index contributed by atoms with van der Waals surface area (Å²) in [6.45, 7) is 0. The van der Waals surface area contributed by atoms with Crippen molar-refractivity contribution in [3.05, 3.63) is 94.8 Å². The highest BCUT2D eigenvalue weighted by molar-refractivity contribution is 8.00. The van der Waals surface area contributed by atoms with Crippen molar-refractivity contribution < 1.29 is 14.0 Å². The first-order valence-electron chi connectivity index (χ1n) is 10.3. The fourth-order valence-electron chi connectivity index (χ4n) is 4.23. The number of amides is 2. The fraction of sp³-hybridized carbons (Fsp3) is 0.200. The second-order valence-electron chi connectivity index (χ2n) is 7.82. The van der Waals surface area contributed by atoms with E-state index in [9.17, 15) is 14.0 Å². The Morgan fingerprint density at radius 1 is 1.00 bits per heavy atom. The molecule has 1 fully saturated rings. The molecular formula is C25H21FN2O2S. The molecule has 3 aromatic rings. The third kappa shape index (κ3) is 3.95. The maximum atomic E-state index is 13.1. The normalized spacial score (nSPS) is 17.6. The summed E-state index contributed by atoms with van der Waals surface area (Å²) in [6.07, 6.45) is 3.34. The molecule has 1 aliphatic carbocycles. The number of halogens is 1. The van der Waals surface area contributed by atoms with Crippen molar-refractivity contribution >= 4 is 35.0 Å². The molecule has 0 bridgehead atoms. The molecule has 1 unspecified atom stereocenters. The highest BCUT2D eigenvalue weighted by atomic mass is 32.2. The van der Waals surface area contributed by atoms with E-state index in [2.05, 4.69) is 17.4 Å². The summed E-state index contributed by atoms with van der Waals surface area (Å²) in [5.74, 6) is -0.168. The topological polar surface area (TPSA) is 49.4 Å². The Balaban J connectivity index is 1.40. The van der Waals surface area contributed by atoms with Crippen molar-refractivity contribution in [2.24, 2.45) is 0 Å². The Labute approximate surface area is 184 Å². The minimum Gasteiger partial charge on any atom is -0.322 e. The lowest BCUT2D eigenvalue weighted by Crippen LogP contribution is -2.28. The van der Waals surface area contributed by atoms with Gasteiger partial charge in [-0.3, -0.25) is 14.5 Å². The summed E-state index contributed by atoms with van der Waals surface area (Å²) in [5, 5.41) is 2.72. The highest BCUT2D eigenvalue weighted by Crippen LogP contribution is 2.43. The van der Waals surface area contributed by atoms with Crippen LogP contribution in [0.15, 0.2) is 66.7 Å². The number of anilines is 2. The lowest BCUT2D eigenvalue weighted by atomic mass is 10.1. The van der Waals surface area contributed by atoms with E-state index in [0.717, 1.165) is 24.1 Å². The van der Waals surface area contributed by atoms with E-state index in [4.69, 9.17) is 0 Å². The van der Waals surface area contributed by atoms with Gasteiger partial charge in [-0.1, -0.05) is 18.2 Å². The summed E-state index contributed by atoms with van der Waals surface area (Å²) in [5.41, 5.74) is 5.62. The van der Waals surface area contributed by atoms with Gasteiger partial charge in [-0.15, -0.1) is 11.8 Å². The Morgan fingerprint density at radius 3 is 2.65 bits per heavy atom. The predicted molar refractivity (Wildman–Crippen MR) is 122 cm³/mol. The summed E-state index contributed by atoms with van der Waals surface area (Å²) >= 11 is 1.59. The minimum absolute atomic E-state index is 0.0914. The molecule has 3 aromatic carbocycles. The highest BCUT2D eigenvalue weighted by Gasteiger charge is 2.34. The second-order valence-corrected chi connectivity index (χ2v) is 8.89. The summed E-state index contributed by atoms with van der Waals surface area (Å²) < 4.78 is 13.1. The number of aryl methyl sites for hydroxylation is 2. The fourth-order valence-corrected chi connectivity index (χ4v) is 5.40. The molecular weight excluding hydrogens is 411 g/mol. The van der Waals surface area contributed by atoms with Crippen LogP contribution in [0.2, 0.25) is 0 Å². The maximum Gasteiger partial charge on any atom is 0.255 e. The lowest BCUT2D eigenvalue weighted by Gasteiger charge is -2.25. The average molecular weight is 433 g/mol. The first-order chi connectivity index (χ1) is 15.1. The van der Waals surface area contributed by atoms with Gasteiger partial charge in [0.15, 0.2) is 0 Å². The van der Waals surface area contributed by atoms with Gasteiger partial charge in [0, 0.05) is 16.9 Å². The molecule has 4 nitrogen and oxygen atoms in total. The summed E-state index contributed by atoms with van der Waals surface area (Å²) in [7, 11) is 0. The molecule has 0 saturated carbocycles. The number of thioether (sulfide) groups is 1. The van der Waals surface area contributed by atoms with Crippen molar-refractivity contribution in [2.45, 2.75) is 24.6 Å². The van der Waals surface area contributed by atoms with Gasteiger partial charge in [0.2, 0.25) is 5.91 Å². The van der Waals surface area contributed by atoms with Crippen LogP contribution < -0.4 is 10.2 Å². The smallest absolute Gasteiger partial charge is 0.255 e. The zero-order chi connectivity index (χ0) is 21.4. The molecule has 31 heavy (non-hydrogen) atoms.